The van der Waals surface area contributed by atoms with Crippen LogP contribution in [0, 0.1) is 0 Å². The van der Waals surface area contributed by atoms with E-state index in [-0.39, 0.29) is 6.61 Å². The van der Waals surface area contributed by atoms with Crippen molar-refractivity contribution in [2.75, 3.05) is 0 Å². The fourth-order valence-electron chi connectivity index (χ4n) is 1.23. The summed E-state index contributed by atoms with van der Waals surface area (Å²) in [5.41, 5.74) is 0.717. The fraction of sp³-hybridized carbons (Fsp3) is 0.0833. The lowest BCUT2D eigenvalue weighted by Gasteiger charge is -2.07. The van der Waals surface area contributed by atoms with Crippen molar-refractivity contribution >= 4 is 23.2 Å². The molecule has 17 heavy (non-hydrogen) atoms. The van der Waals surface area contributed by atoms with Crippen LogP contribution in [0.4, 0.5) is 0 Å². The summed E-state index contributed by atoms with van der Waals surface area (Å²) in [5.74, 6) is 0.842. The van der Waals surface area contributed by atoms with Crippen LogP contribution in [0.2, 0.25) is 10.0 Å². The number of halogens is 2. The molecule has 0 saturated heterocycles. The fourth-order valence-corrected chi connectivity index (χ4v) is 1.55. The Morgan fingerprint density at radius 1 is 1.18 bits per heavy atom. The number of hydrogen-bond acceptors (Lipinski definition) is 3. The van der Waals surface area contributed by atoms with Gasteiger partial charge in [0.15, 0.2) is 0 Å². The van der Waals surface area contributed by atoms with Crippen molar-refractivity contribution < 1.29 is 9.84 Å². The highest BCUT2D eigenvalue weighted by Crippen LogP contribution is 2.30. The molecular formula is C12H9Cl2NO2. The van der Waals surface area contributed by atoms with Gasteiger partial charge in [-0.15, -0.1) is 0 Å². The first kappa shape index (κ1) is 12.2. The molecule has 1 N–H and O–H groups in total. The molecule has 1 aromatic heterocycles. The Labute approximate surface area is 109 Å². The third-order valence-electron chi connectivity index (χ3n) is 2.09. The summed E-state index contributed by atoms with van der Waals surface area (Å²) in [6.07, 6.45) is 1.54. The highest BCUT2D eigenvalue weighted by atomic mass is 35.5. The quantitative estimate of drug-likeness (QED) is 0.925. The zero-order valence-corrected chi connectivity index (χ0v) is 10.2. The second-order valence-electron chi connectivity index (χ2n) is 3.34. The maximum atomic E-state index is 8.88. The number of pyridine rings is 1. The predicted molar refractivity (Wildman–Crippen MR) is 66.7 cm³/mol. The van der Waals surface area contributed by atoms with Gasteiger partial charge in [0.05, 0.1) is 11.6 Å². The molecule has 3 nitrogen and oxygen atoms in total. The molecule has 0 saturated carbocycles. The molecule has 5 heteroatoms. The number of nitrogens with zero attached hydrogens (tertiary/aromatic N) is 1. The average molecular weight is 270 g/mol. The van der Waals surface area contributed by atoms with Gasteiger partial charge in [-0.25, -0.2) is 4.98 Å². The van der Waals surface area contributed by atoms with Crippen LogP contribution in [-0.2, 0) is 6.61 Å². The van der Waals surface area contributed by atoms with Crippen molar-refractivity contribution in [2.45, 2.75) is 6.61 Å². The minimum Gasteiger partial charge on any atom is -0.437 e. The van der Waals surface area contributed by atoms with Crippen molar-refractivity contribution in [3.8, 4) is 11.6 Å². The van der Waals surface area contributed by atoms with E-state index in [4.69, 9.17) is 33.0 Å². The molecule has 0 aliphatic rings. The summed E-state index contributed by atoms with van der Waals surface area (Å²) < 4.78 is 5.48. The summed E-state index contributed by atoms with van der Waals surface area (Å²) in [6, 6.07) is 8.33. The van der Waals surface area contributed by atoms with Gasteiger partial charge >= 0.3 is 0 Å². The monoisotopic (exact) mass is 269 g/mol. The van der Waals surface area contributed by atoms with Crippen molar-refractivity contribution in [1.29, 1.82) is 0 Å². The molecule has 1 heterocycles. The van der Waals surface area contributed by atoms with Crippen molar-refractivity contribution in [3.63, 3.8) is 0 Å². The third kappa shape index (κ3) is 3.09. The highest BCUT2D eigenvalue weighted by Gasteiger charge is 2.05. The second-order valence-corrected chi connectivity index (χ2v) is 4.18. The number of benzene rings is 1. The third-order valence-corrected chi connectivity index (χ3v) is 2.64. The lowest BCUT2D eigenvalue weighted by molar-refractivity contribution is 0.281. The molecule has 0 bridgehead atoms. The lowest BCUT2D eigenvalue weighted by atomic mass is 10.3. The lowest BCUT2D eigenvalue weighted by Crippen LogP contribution is -1.90. The molecule has 0 spiro atoms. The van der Waals surface area contributed by atoms with Gasteiger partial charge in [-0.2, -0.15) is 0 Å². The molecule has 2 rings (SSSR count). The number of ether oxygens (including phenoxy) is 1. The molecule has 1 aromatic carbocycles. The van der Waals surface area contributed by atoms with E-state index >= 15 is 0 Å². The zero-order valence-electron chi connectivity index (χ0n) is 8.73. The summed E-state index contributed by atoms with van der Waals surface area (Å²) in [5, 5.41) is 9.88. The predicted octanol–water partition coefficient (Wildman–Crippen LogP) is 3.67. The van der Waals surface area contributed by atoms with Crippen molar-refractivity contribution in [2.24, 2.45) is 0 Å². The van der Waals surface area contributed by atoms with Crippen LogP contribution in [0.1, 0.15) is 5.56 Å². The van der Waals surface area contributed by atoms with Gasteiger partial charge in [0.25, 0.3) is 0 Å². The van der Waals surface area contributed by atoms with Gasteiger partial charge in [0, 0.05) is 23.4 Å². The first-order valence-corrected chi connectivity index (χ1v) is 5.63. The molecule has 2 aromatic rings. The average Bonchev–Trinajstić information content (AvgIpc) is 2.35. The molecule has 0 fully saturated rings. The topological polar surface area (TPSA) is 42.4 Å². The molecule has 88 valence electrons. The molecule has 0 atom stereocenters. The molecule has 0 unspecified atom stereocenters. The van der Waals surface area contributed by atoms with Crippen LogP contribution in [0.15, 0.2) is 36.5 Å². The van der Waals surface area contributed by atoms with E-state index in [9.17, 15) is 0 Å². The summed E-state index contributed by atoms with van der Waals surface area (Å²) in [4.78, 5) is 4.03. The van der Waals surface area contributed by atoms with Crippen molar-refractivity contribution in [1.82, 2.24) is 4.98 Å². The van der Waals surface area contributed by atoms with Crippen LogP contribution < -0.4 is 4.74 Å². The minimum atomic E-state index is -0.0504. The van der Waals surface area contributed by atoms with Crippen LogP contribution in [-0.4, -0.2) is 10.1 Å². The Morgan fingerprint density at radius 3 is 2.65 bits per heavy atom. The van der Waals surface area contributed by atoms with Crippen LogP contribution in [0.3, 0.4) is 0 Å². The van der Waals surface area contributed by atoms with Gasteiger partial charge in [0.1, 0.15) is 5.75 Å². The Kier molecular flexibility index (Phi) is 3.84. The van der Waals surface area contributed by atoms with Gasteiger partial charge in [0.2, 0.25) is 5.88 Å². The van der Waals surface area contributed by atoms with Crippen molar-refractivity contribution in [3.05, 3.63) is 52.1 Å². The Balaban J connectivity index is 2.22. The number of hydrogen-bond donors (Lipinski definition) is 1. The zero-order chi connectivity index (χ0) is 12.3. The van der Waals surface area contributed by atoms with Gasteiger partial charge in [-0.05, 0) is 23.8 Å². The maximum absolute atomic E-state index is 8.88. The summed E-state index contributed by atoms with van der Waals surface area (Å²) >= 11 is 11.8. The molecule has 0 radical (unpaired) electrons. The second kappa shape index (κ2) is 5.36. The SMILES string of the molecule is OCc1ccc(Oc2cc(Cl)ccc2Cl)nc1. The summed E-state index contributed by atoms with van der Waals surface area (Å²) in [7, 11) is 0. The maximum Gasteiger partial charge on any atom is 0.219 e. The standard InChI is InChI=1S/C12H9Cl2NO2/c13-9-2-3-10(14)11(5-9)17-12-4-1-8(7-16)6-15-12/h1-6,16H,7H2. The first-order valence-electron chi connectivity index (χ1n) is 4.88. The molecule has 0 aliphatic heterocycles. The number of aromatic nitrogens is 1. The minimum absolute atomic E-state index is 0.0504. The number of aliphatic hydroxyl groups excluding tert-OH is 1. The van der Waals surface area contributed by atoms with Crippen LogP contribution >= 0.6 is 23.2 Å². The van der Waals surface area contributed by atoms with E-state index in [1.807, 2.05) is 0 Å². The van der Waals surface area contributed by atoms with Gasteiger partial charge in [-0.3, -0.25) is 0 Å². The first-order chi connectivity index (χ1) is 8.19. The molecule has 0 aliphatic carbocycles. The highest BCUT2D eigenvalue weighted by molar-refractivity contribution is 6.34. The van der Waals surface area contributed by atoms with E-state index < -0.39 is 0 Å². The van der Waals surface area contributed by atoms with E-state index in [2.05, 4.69) is 4.98 Å². The normalized spacial score (nSPS) is 10.3. The molecule has 0 amide bonds. The Morgan fingerprint density at radius 2 is 2.00 bits per heavy atom. The van der Waals surface area contributed by atoms with E-state index in [0.717, 1.165) is 5.56 Å². The van der Waals surface area contributed by atoms with Gasteiger partial charge < -0.3 is 9.84 Å². The number of rotatable bonds is 3. The Hall–Kier alpha value is -1.29. The van der Waals surface area contributed by atoms with E-state index in [0.29, 0.717) is 21.7 Å². The molecular weight excluding hydrogens is 261 g/mol. The van der Waals surface area contributed by atoms with Crippen LogP contribution in [0.25, 0.3) is 0 Å². The van der Waals surface area contributed by atoms with E-state index in [1.165, 1.54) is 6.20 Å². The smallest absolute Gasteiger partial charge is 0.219 e. The number of aliphatic hydroxyl groups is 1. The largest absolute Gasteiger partial charge is 0.437 e. The van der Waals surface area contributed by atoms with Crippen LogP contribution in [0.5, 0.6) is 11.6 Å². The van der Waals surface area contributed by atoms with E-state index in [1.54, 1.807) is 30.3 Å². The Bertz CT molecular complexity index is 514. The van der Waals surface area contributed by atoms with Gasteiger partial charge in [-0.1, -0.05) is 23.2 Å². The summed E-state index contributed by atoms with van der Waals surface area (Å²) in [6.45, 7) is -0.0504.